The van der Waals surface area contributed by atoms with E-state index < -0.39 is 17.6 Å². The van der Waals surface area contributed by atoms with Crippen LogP contribution in [0, 0.1) is 5.92 Å². The second-order valence-corrected chi connectivity index (χ2v) is 10.4. The molecule has 3 amide bonds. The first-order valence-electron chi connectivity index (χ1n) is 12.2. The molecule has 0 radical (unpaired) electrons. The first kappa shape index (κ1) is 22.3. The summed E-state index contributed by atoms with van der Waals surface area (Å²) in [6.45, 7) is 2.84. The Morgan fingerprint density at radius 1 is 1.18 bits per heavy atom. The summed E-state index contributed by atoms with van der Waals surface area (Å²) in [6, 6.07) is 5.14. The van der Waals surface area contributed by atoms with Crippen LogP contribution in [0.15, 0.2) is 18.2 Å². The predicted molar refractivity (Wildman–Crippen MR) is 119 cm³/mol. The average molecular weight is 458 g/mol. The molecule has 3 fully saturated rings. The number of piperidine rings is 1. The fourth-order valence-corrected chi connectivity index (χ4v) is 5.88. The molecule has 0 aromatic heterocycles. The van der Waals surface area contributed by atoms with E-state index in [2.05, 4.69) is 10.6 Å². The zero-order valence-corrected chi connectivity index (χ0v) is 19.1. The van der Waals surface area contributed by atoms with Gasteiger partial charge in [0.25, 0.3) is 5.91 Å². The summed E-state index contributed by atoms with van der Waals surface area (Å²) in [5.74, 6) is 0.253. The molecule has 4 aliphatic rings. The Morgan fingerprint density at radius 3 is 2.73 bits per heavy atom. The molecule has 3 atom stereocenters. The highest BCUT2D eigenvalue weighted by Crippen LogP contribution is 2.40. The van der Waals surface area contributed by atoms with Gasteiger partial charge < -0.3 is 15.0 Å². The van der Waals surface area contributed by atoms with Gasteiger partial charge in [0.05, 0.1) is 0 Å². The average Bonchev–Trinajstić information content (AvgIpc) is 3.07. The molecular weight excluding hydrogens is 425 g/mol. The van der Waals surface area contributed by atoms with E-state index in [4.69, 9.17) is 4.74 Å². The Bertz CT molecular complexity index is 957. The molecule has 1 aromatic rings. The van der Waals surface area contributed by atoms with Gasteiger partial charge >= 0.3 is 0 Å². The highest BCUT2D eigenvalue weighted by Gasteiger charge is 2.41. The van der Waals surface area contributed by atoms with Gasteiger partial charge in [-0.1, -0.05) is 6.42 Å². The van der Waals surface area contributed by atoms with E-state index >= 15 is 0 Å². The number of alkyl halides is 1. The van der Waals surface area contributed by atoms with Crippen LogP contribution in [0.3, 0.4) is 0 Å². The Balaban J connectivity index is 1.22. The summed E-state index contributed by atoms with van der Waals surface area (Å²) >= 11 is 0. The van der Waals surface area contributed by atoms with Crippen molar-refractivity contribution >= 4 is 17.7 Å². The van der Waals surface area contributed by atoms with E-state index in [0.717, 1.165) is 43.5 Å². The van der Waals surface area contributed by atoms with Crippen LogP contribution in [-0.2, 0) is 16.1 Å². The van der Waals surface area contributed by atoms with Crippen LogP contribution in [-0.4, -0.2) is 53.0 Å². The lowest BCUT2D eigenvalue weighted by molar-refractivity contribution is -0.136. The third-order valence-corrected chi connectivity index (χ3v) is 7.58. The van der Waals surface area contributed by atoms with Crippen molar-refractivity contribution in [2.45, 2.75) is 88.7 Å². The van der Waals surface area contributed by atoms with Crippen molar-refractivity contribution in [1.82, 2.24) is 15.5 Å². The lowest BCUT2D eigenvalue weighted by atomic mass is 9.73. The number of rotatable bonds is 6. The maximum absolute atomic E-state index is 13.8. The number of nitrogens with one attached hydrogen (secondary N) is 2. The second-order valence-electron chi connectivity index (χ2n) is 10.4. The highest BCUT2D eigenvalue weighted by molar-refractivity contribution is 6.05. The first-order valence-corrected chi connectivity index (χ1v) is 12.2. The summed E-state index contributed by atoms with van der Waals surface area (Å²) in [4.78, 5) is 38.1. The number of amides is 3. The molecule has 178 valence electrons. The lowest BCUT2D eigenvalue weighted by Gasteiger charge is -2.41. The van der Waals surface area contributed by atoms with E-state index in [1.54, 1.807) is 17.9 Å². The molecule has 2 N–H and O–H groups in total. The van der Waals surface area contributed by atoms with Gasteiger partial charge in [-0.2, -0.15) is 0 Å². The van der Waals surface area contributed by atoms with Crippen LogP contribution in [0.5, 0.6) is 5.75 Å². The quantitative estimate of drug-likeness (QED) is 0.642. The summed E-state index contributed by atoms with van der Waals surface area (Å²) in [7, 11) is 0. The molecular formula is C25H32FN3O4. The maximum atomic E-state index is 13.8. The number of carbonyl (C=O) groups excluding carboxylic acids is 3. The SMILES string of the molecule is CC1(F)CC(CN[C@H]2CCCC[C@@H]2Oc2ccc3c(c2)CN(C2CCC(=O)NC2=O)C3=O)C1. The van der Waals surface area contributed by atoms with Gasteiger partial charge in [0.2, 0.25) is 11.8 Å². The van der Waals surface area contributed by atoms with Crippen molar-refractivity contribution in [3.8, 4) is 5.75 Å². The van der Waals surface area contributed by atoms with Crippen molar-refractivity contribution < 1.29 is 23.5 Å². The van der Waals surface area contributed by atoms with Gasteiger partial charge in [0.15, 0.2) is 0 Å². The third-order valence-electron chi connectivity index (χ3n) is 7.58. The molecule has 2 aliphatic carbocycles. The molecule has 1 saturated heterocycles. The number of fused-ring (bicyclic) bond motifs is 1. The van der Waals surface area contributed by atoms with Crippen LogP contribution >= 0.6 is 0 Å². The number of ether oxygens (including phenoxy) is 1. The minimum atomic E-state index is -1.00. The standard InChI is InChI=1S/C25H32FN3O4/c1-25(26)11-15(12-25)13-27-19-4-2-3-5-21(19)33-17-6-7-18-16(10-17)14-29(24(18)32)20-8-9-22(30)28-23(20)31/h6-7,10,15,19-21,27H,2-5,8-9,11-14H2,1H3,(H,28,30,31)/t15?,19-,20?,21-,25?/m0/s1. The fraction of sp³-hybridized carbons (Fsp3) is 0.640. The van der Waals surface area contributed by atoms with Gasteiger partial charge in [-0.3, -0.25) is 19.7 Å². The van der Waals surface area contributed by atoms with Crippen LogP contribution in [0.4, 0.5) is 4.39 Å². The monoisotopic (exact) mass is 457 g/mol. The number of hydrogen-bond donors (Lipinski definition) is 2. The molecule has 2 saturated carbocycles. The highest BCUT2D eigenvalue weighted by atomic mass is 19.1. The van der Waals surface area contributed by atoms with E-state index in [1.807, 2.05) is 12.1 Å². The molecule has 5 rings (SSSR count). The lowest BCUT2D eigenvalue weighted by Crippen LogP contribution is -2.52. The molecule has 8 heteroatoms. The van der Waals surface area contributed by atoms with Crippen molar-refractivity contribution in [2.24, 2.45) is 5.92 Å². The first-order chi connectivity index (χ1) is 15.8. The van der Waals surface area contributed by atoms with Gasteiger partial charge in [0, 0.05) is 24.6 Å². The number of carbonyl (C=O) groups is 3. The minimum Gasteiger partial charge on any atom is -0.489 e. The fourth-order valence-electron chi connectivity index (χ4n) is 5.88. The smallest absolute Gasteiger partial charge is 0.255 e. The zero-order valence-electron chi connectivity index (χ0n) is 19.1. The van der Waals surface area contributed by atoms with Crippen LogP contribution in [0.2, 0.25) is 0 Å². The maximum Gasteiger partial charge on any atom is 0.255 e. The van der Waals surface area contributed by atoms with E-state index in [1.165, 1.54) is 0 Å². The van der Waals surface area contributed by atoms with Gasteiger partial charge in [-0.05, 0) is 81.7 Å². The molecule has 1 aromatic carbocycles. The third kappa shape index (κ3) is 4.63. The Kier molecular flexibility index (Phi) is 5.89. The number of imide groups is 1. The van der Waals surface area contributed by atoms with Gasteiger partial charge in [-0.25, -0.2) is 4.39 Å². The molecule has 0 spiro atoms. The summed E-state index contributed by atoms with van der Waals surface area (Å²) in [5, 5.41) is 5.96. The Labute approximate surface area is 193 Å². The largest absolute Gasteiger partial charge is 0.489 e. The number of hydrogen-bond acceptors (Lipinski definition) is 5. The minimum absolute atomic E-state index is 0.0389. The summed E-state index contributed by atoms with van der Waals surface area (Å²) in [6.07, 6.45) is 6.15. The van der Waals surface area contributed by atoms with Crippen LogP contribution in [0.25, 0.3) is 0 Å². The Hall–Kier alpha value is -2.48. The number of halogens is 1. The van der Waals surface area contributed by atoms with Crippen molar-refractivity contribution in [2.75, 3.05) is 6.54 Å². The second kappa shape index (κ2) is 8.70. The molecule has 2 heterocycles. The van der Waals surface area contributed by atoms with Crippen molar-refractivity contribution in [1.29, 1.82) is 0 Å². The van der Waals surface area contributed by atoms with E-state index in [-0.39, 0.29) is 30.4 Å². The zero-order chi connectivity index (χ0) is 23.2. The normalized spacial score (nSPS) is 34.0. The molecule has 33 heavy (non-hydrogen) atoms. The number of benzene rings is 1. The molecule has 0 bridgehead atoms. The van der Waals surface area contributed by atoms with E-state index in [9.17, 15) is 18.8 Å². The van der Waals surface area contributed by atoms with Gasteiger partial charge in [0.1, 0.15) is 23.6 Å². The molecule has 1 unspecified atom stereocenters. The number of nitrogens with zero attached hydrogens (tertiary/aromatic N) is 1. The van der Waals surface area contributed by atoms with E-state index in [0.29, 0.717) is 37.3 Å². The van der Waals surface area contributed by atoms with Crippen LogP contribution in [0.1, 0.15) is 74.2 Å². The Morgan fingerprint density at radius 2 is 1.97 bits per heavy atom. The predicted octanol–water partition coefficient (Wildman–Crippen LogP) is 2.87. The van der Waals surface area contributed by atoms with Gasteiger partial charge in [-0.15, -0.1) is 0 Å². The van der Waals surface area contributed by atoms with Crippen LogP contribution < -0.4 is 15.4 Å². The van der Waals surface area contributed by atoms with Crippen molar-refractivity contribution in [3.63, 3.8) is 0 Å². The van der Waals surface area contributed by atoms with Crippen molar-refractivity contribution in [3.05, 3.63) is 29.3 Å². The topological polar surface area (TPSA) is 87.7 Å². The summed E-state index contributed by atoms with van der Waals surface area (Å²) in [5.41, 5.74) is 0.433. The molecule has 2 aliphatic heterocycles. The summed E-state index contributed by atoms with van der Waals surface area (Å²) < 4.78 is 20.2. The molecule has 7 nitrogen and oxygen atoms in total.